The van der Waals surface area contributed by atoms with Gasteiger partial charge >= 0.3 is 0 Å². The molecule has 1 aromatic rings. The predicted octanol–water partition coefficient (Wildman–Crippen LogP) is 1.64. The lowest BCUT2D eigenvalue weighted by Crippen LogP contribution is -2.50. The summed E-state index contributed by atoms with van der Waals surface area (Å²) in [5, 5.41) is 18.5. The second-order valence-corrected chi connectivity index (χ2v) is 7.40. The molecule has 0 aliphatic heterocycles. The summed E-state index contributed by atoms with van der Waals surface area (Å²) >= 11 is 0. The molecule has 6 heteroatoms. The first kappa shape index (κ1) is 15.4. The van der Waals surface area contributed by atoms with Crippen LogP contribution < -0.4 is 0 Å². The number of carbonyl (C=O) groups is 1. The lowest BCUT2D eigenvalue weighted by atomic mass is 9.63. The molecule has 2 bridgehead atoms. The fourth-order valence-electron chi connectivity index (χ4n) is 4.49. The van der Waals surface area contributed by atoms with E-state index in [0.717, 1.165) is 6.42 Å². The van der Waals surface area contributed by atoms with Crippen LogP contribution in [0, 0.1) is 28.1 Å². The molecule has 0 radical (unpaired) electrons. The Bertz CT molecular complexity index is 813. The van der Waals surface area contributed by atoms with Gasteiger partial charge in [-0.25, -0.2) is 9.97 Å². The molecule has 1 saturated carbocycles. The van der Waals surface area contributed by atoms with Gasteiger partial charge in [-0.2, -0.15) is 10.5 Å². The van der Waals surface area contributed by atoms with Crippen molar-refractivity contribution in [3.05, 3.63) is 22.8 Å². The second kappa shape index (κ2) is 4.29. The van der Waals surface area contributed by atoms with Crippen LogP contribution in [0.1, 0.15) is 56.4 Å². The van der Waals surface area contributed by atoms with Crippen molar-refractivity contribution in [2.45, 2.75) is 44.4 Å². The standard InChI is InChI=1S/C17H19N5O/c1-15(2)16(3)6-7-17(15,14(23)22(4)5)13-12(16)20-10(8-18)11(9-19)21-13/h6-7H2,1-5H3. The zero-order chi connectivity index (χ0) is 17.2. The number of likely N-dealkylation sites (N-methyl/N-ethyl adjacent to an activating group) is 1. The average Bonchev–Trinajstić information content (AvgIpc) is 2.81. The molecule has 2 atom stereocenters. The van der Waals surface area contributed by atoms with Crippen LogP contribution in [0.3, 0.4) is 0 Å². The van der Waals surface area contributed by atoms with E-state index in [9.17, 15) is 15.3 Å². The monoisotopic (exact) mass is 309 g/mol. The highest BCUT2D eigenvalue weighted by Gasteiger charge is 2.73. The number of nitriles is 2. The van der Waals surface area contributed by atoms with E-state index < -0.39 is 5.41 Å². The largest absolute Gasteiger partial charge is 0.348 e. The number of fused-ring (bicyclic) bond motifs is 5. The van der Waals surface area contributed by atoms with Crippen molar-refractivity contribution in [3.63, 3.8) is 0 Å². The maximum atomic E-state index is 13.1. The second-order valence-electron chi connectivity index (χ2n) is 7.40. The maximum absolute atomic E-state index is 13.1. The molecule has 23 heavy (non-hydrogen) atoms. The molecule has 1 fully saturated rings. The molecule has 1 amide bonds. The highest BCUT2D eigenvalue weighted by molar-refractivity contribution is 5.91. The van der Waals surface area contributed by atoms with Crippen LogP contribution >= 0.6 is 0 Å². The van der Waals surface area contributed by atoms with Gasteiger partial charge in [0, 0.05) is 19.5 Å². The van der Waals surface area contributed by atoms with Crippen molar-refractivity contribution < 1.29 is 4.79 Å². The van der Waals surface area contributed by atoms with Crippen molar-refractivity contribution in [2.24, 2.45) is 5.41 Å². The van der Waals surface area contributed by atoms with Gasteiger partial charge in [-0.1, -0.05) is 20.8 Å². The fourth-order valence-corrected chi connectivity index (χ4v) is 4.49. The van der Waals surface area contributed by atoms with Crippen molar-refractivity contribution in [3.8, 4) is 12.1 Å². The molecular weight excluding hydrogens is 290 g/mol. The van der Waals surface area contributed by atoms with Gasteiger partial charge < -0.3 is 4.90 Å². The first-order valence-corrected chi connectivity index (χ1v) is 7.62. The van der Waals surface area contributed by atoms with Gasteiger partial charge in [0.25, 0.3) is 0 Å². The van der Waals surface area contributed by atoms with Crippen LogP contribution in [0.4, 0.5) is 0 Å². The Balaban J connectivity index is 2.41. The number of amides is 1. The molecule has 2 aliphatic carbocycles. The molecule has 1 aromatic heterocycles. The van der Waals surface area contributed by atoms with Crippen molar-refractivity contribution in [2.75, 3.05) is 14.1 Å². The van der Waals surface area contributed by atoms with Crippen LogP contribution in [0.5, 0.6) is 0 Å². The minimum absolute atomic E-state index is 0.00383. The third-order valence-corrected chi connectivity index (χ3v) is 6.25. The van der Waals surface area contributed by atoms with Gasteiger partial charge in [-0.15, -0.1) is 0 Å². The van der Waals surface area contributed by atoms with Crippen LogP contribution in [-0.2, 0) is 15.6 Å². The SMILES string of the molecule is CN(C)C(=O)C12CCC(C)(c3nc(C#N)c(C#N)nc31)C2(C)C. The molecule has 2 aliphatic rings. The average molecular weight is 309 g/mol. The molecule has 2 unspecified atom stereocenters. The number of rotatable bonds is 1. The molecule has 0 aromatic carbocycles. The van der Waals surface area contributed by atoms with E-state index >= 15 is 0 Å². The van der Waals surface area contributed by atoms with Gasteiger partial charge in [-0.05, 0) is 18.3 Å². The summed E-state index contributed by atoms with van der Waals surface area (Å²) in [7, 11) is 3.48. The Morgan fingerprint density at radius 3 is 2.04 bits per heavy atom. The Kier molecular flexibility index (Phi) is 2.88. The van der Waals surface area contributed by atoms with Crippen LogP contribution in [-0.4, -0.2) is 34.9 Å². The van der Waals surface area contributed by atoms with Crippen molar-refractivity contribution in [1.29, 1.82) is 10.5 Å². The lowest BCUT2D eigenvalue weighted by molar-refractivity contribution is -0.138. The van der Waals surface area contributed by atoms with Gasteiger partial charge in [-0.3, -0.25) is 4.79 Å². The first-order chi connectivity index (χ1) is 10.7. The number of hydrogen-bond acceptors (Lipinski definition) is 5. The van der Waals surface area contributed by atoms with Crippen LogP contribution in [0.25, 0.3) is 0 Å². The quantitative estimate of drug-likeness (QED) is 0.786. The Morgan fingerprint density at radius 1 is 1.04 bits per heavy atom. The summed E-state index contributed by atoms with van der Waals surface area (Å²) in [5.74, 6) is -0.00660. The Morgan fingerprint density at radius 2 is 1.57 bits per heavy atom. The van der Waals surface area contributed by atoms with Gasteiger partial charge in [0.05, 0.1) is 16.8 Å². The topological polar surface area (TPSA) is 93.7 Å². The van der Waals surface area contributed by atoms with E-state index in [4.69, 9.17) is 0 Å². The highest BCUT2D eigenvalue weighted by atomic mass is 16.2. The summed E-state index contributed by atoms with van der Waals surface area (Å²) < 4.78 is 0. The van der Waals surface area contributed by atoms with E-state index in [-0.39, 0.29) is 28.1 Å². The maximum Gasteiger partial charge on any atom is 0.234 e. The fraction of sp³-hybridized carbons (Fsp3) is 0.588. The third kappa shape index (κ3) is 1.44. The number of aromatic nitrogens is 2. The third-order valence-electron chi connectivity index (χ3n) is 6.25. The summed E-state index contributed by atoms with van der Waals surface area (Å²) in [6.07, 6.45) is 1.50. The molecule has 3 rings (SSSR count). The molecule has 0 saturated heterocycles. The first-order valence-electron chi connectivity index (χ1n) is 7.62. The predicted molar refractivity (Wildman–Crippen MR) is 82.2 cm³/mol. The molecule has 1 heterocycles. The highest BCUT2D eigenvalue weighted by Crippen LogP contribution is 2.70. The summed E-state index contributed by atoms with van der Waals surface area (Å²) in [6, 6.07) is 3.89. The van der Waals surface area contributed by atoms with Crippen LogP contribution in [0.2, 0.25) is 0 Å². The molecule has 0 spiro atoms. The lowest BCUT2D eigenvalue weighted by Gasteiger charge is -2.40. The Labute approximate surface area is 135 Å². The summed E-state index contributed by atoms with van der Waals surface area (Å²) in [4.78, 5) is 23.6. The van der Waals surface area contributed by atoms with E-state index in [1.54, 1.807) is 19.0 Å². The zero-order valence-electron chi connectivity index (χ0n) is 14.1. The normalized spacial score (nSPS) is 29.5. The Hall–Kier alpha value is -2.47. The smallest absolute Gasteiger partial charge is 0.234 e. The molecule has 0 N–H and O–H groups in total. The van der Waals surface area contributed by atoms with E-state index in [1.165, 1.54) is 0 Å². The van der Waals surface area contributed by atoms with E-state index in [2.05, 4.69) is 30.7 Å². The summed E-state index contributed by atoms with van der Waals surface area (Å²) in [5.41, 5.74) is -0.157. The molecular formula is C17H19N5O. The summed E-state index contributed by atoms with van der Waals surface area (Å²) in [6.45, 7) is 6.23. The van der Waals surface area contributed by atoms with E-state index in [0.29, 0.717) is 17.8 Å². The van der Waals surface area contributed by atoms with E-state index in [1.807, 2.05) is 12.1 Å². The minimum Gasteiger partial charge on any atom is -0.348 e. The number of carbonyl (C=O) groups excluding carboxylic acids is 1. The minimum atomic E-state index is -0.785. The zero-order valence-corrected chi connectivity index (χ0v) is 14.1. The van der Waals surface area contributed by atoms with Crippen molar-refractivity contribution in [1.82, 2.24) is 14.9 Å². The van der Waals surface area contributed by atoms with Gasteiger partial charge in [0.1, 0.15) is 12.1 Å². The van der Waals surface area contributed by atoms with Crippen LogP contribution in [0.15, 0.2) is 0 Å². The number of nitrogens with zero attached hydrogens (tertiary/aromatic N) is 5. The number of hydrogen-bond donors (Lipinski definition) is 0. The van der Waals surface area contributed by atoms with Gasteiger partial charge in [0.15, 0.2) is 11.4 Å². The van der Waals surface area contributed by atoms with Gasteiger partial charge in [0.2, 0.25) is 5.91 Å². The van der Waals surface area contributed by atoms with Crippen molar-refractivity contribution >= 4 is 5.91 Å². The molecule has 118 valence electrons. The molecule has 6 nitrogen and oxygen atoms in total.